The molecule has 1 aliphatic heterocycles. The van der Waals surface area contributed by atoms with Gasteiger partial charge in [-0.05, 0) is 86.1 Å². The van der Waals surface area contributed by atoms with E-state index in [9.17, 15) is 22.7 Å². The van der Waals surface area contributed by atoms with Crippen LogP contribution < -0.4 is 0 Å². The van der Waals surface area contributed by atoms with Crippen molar-refractivity contribution >= 4 is 33.4 Å². The highest BCUT2D eigenvalue weighted by Gasteiger charge is 2.48. The molecule has 0 aromatic heterocycles. The topological polar surface area (TPSA) is 74.7 Å². The zero-order chi connectivity index (χ0) is 25.2. The van der Waals surface area contributed by atoms with E-state index in [0.29, 0.717) is 54.9 Å². The van der Waals surface area contributed by atoms with E-state index in [4.69, 9.17) is 11.6 Å². The van der Waals surface area contributed by atoms with Crippen LogP contribution in [0.15, 0.2) is 65.6 Å². The molecule has 2 aliphatic rings. The van der Waals surface area contributed by atoms with Crippen LogP contribution in [0, 0.1) is 5.82 Å². The van der Waals surface area contributed by atoms with Gasteiger partial charge < -0.3 is 10.0 Å². The van der Waals surface area contributed by atoms with Crippen LogP contribution in [0.2, 0.25) is 5.02 Å². The number of allylic oxidation sites excluding steroid dienone is 1. The fraction of sp³-hybridized carbons (Fsp3) is 0.370. The van der Waals surface area contributed by atoms with Crippen molar-refractivity contribution in [3.05, 3.63) is 82.7 Å². The Hall–Kier alpha value is -2.48. The lowest BCUT2D eigenvalue weighted by molar-refractivity contribution is -0.128. The third kappa shape index (κ3) is 5.08. The first-order valence-corrected chi connectivity index (χ1v) is 13.6. The Morgan fingerprint density at radius 3 is 2.34 bits per heavy atom. The van der Waals surface area contributed by atoms with Crippen molar-refractivity contribution in [2.45, 2.75) is 54.3 Å². The number of aliphatic hydroxyl groups excluding tert-OH is 1. The van der Waals surface area contributed by atoms with Crippen molar-refractivity contribution < 1.29 is 22.7 Å². The van der Waals surface area contributed by atoms with Crippen LogP contribution in [-0.2, 0) is 19.4 Å². The van der Waals surface area contributed by atoms with Crippen LogP contribution in [0.4, 0.5) is 4.39 Å². The van der Waals surface area contributed by atoms with Gasteiger partial charge in [0.05, 0.1) is 11.0 Å². The highest BCUT2D eigenvalue weighted by molar-refractivity contribution is 7.92. The molecule has 2 aromatic carbocycles. The smallest absolute Gasteiger partial charge is 0.246 e. The SMILES string of the molecule is C=Cc1ccc(F)cc1C1(S(=O)(=O)c2ccc(Cl)cc2)CCC(=CC(=O)N2CCC(O)CC2)CC1. The molecule has 2 fully saturated rings. The minimum atomic E-state index is -3.94. The summed E-state index contributed by atoms with van der Waals surface area (Å²) in [5, 5.41) is 10.1. The third-order valence-electron chi connectivity index (χ3n) is 7.17. The Bertz CT molecular complexity index is 1240. The molecule has 1 saturated carbocycles. The number of hydrogen-bond donors (Lipinski definition) is 1. The molecule has 186 valence electrons. The van der Waals surface area contributed by atoms with Gasteiger partial charge in [0.25, 0.3) is 0 Å². The molecule has 0 unspecified atom stereocenters. The summed E-state index contributed by atoms with van der Waals surface area (Å²) in [6, 6.07) is 10.2. The first-order valence-electron chi connectivity index (χ1n) is 11.8. The summed E-state index contributed by atoms with van der Waals surface area (Å²) in [5.41, 5.74) is 1.83. The second-order valence-corrected chi connectivity index (χ2v) is 11.9. The molecular formula is C27H29ClFNO4S. The average Bonchev–Trinajstić information content (AvgIpc) is 2.85. The van der Waals surface area contributed by atoms with E-state index in [1.165, 1.54) is 36.4 Å². The number of carbonyl (C=O) groups excluding carboxylic acids is 1. The van der Waals surface area contributed by atoms with Gasteiger partial charge in [0.1, 0.15) is 10.6 Å². The van der Waals surface area contributed by atoms with Crippen molar-refractivity contribution in [3.63, 3.8) is 0 Å². The minimum absolute atomic E-state index is 0.113. The fourth-order valence-corrected chi connectivity index (χ4v) is 7.37. The zero-order valence-corrected chi connectivity index (χ0v) is 21.0. The Morgan fingerprint density at radius 1 is 1.11 bits per heavy atom. The molecule has 5 nitrogen and oxygen atoms in total. The molecule has 35 heavy (non-hydrogen) atoms. The number of piperidine rings is 1. The first-order chi connectivity index (χ1) is 16.7. The van der Waals surface area contributed by atoms with Gasteiger partial charge in [-0.25, -0.2) is 12.8 Å². The van der Waals surface area contributed by atoms with Crippen LogP contribution in [0.25, 0.3) is 6.08 Å². The van der Waals surface area contributed by atoms with Crippen molar-refractivity contribution in [2.75, 3.05) is 13.1 Å². The van der Waals surface area contributed by atoms with Crippen molar-refractivity contribution in [1.82, 2.24) is 4.90 Å². The Morgan fingerprint density at radius 2 is 1.74 bits per heavy atom. The number of hydrogen-bond acceptors (Lipinski definition) is 4. The average molecular weight is 518 g/mol. The Kier molecular flexibility index (Phi) is 7.50. The molecule has 1 amide bonds. The summed E-state index contributed by atoms with van der Waals surface area (Å²) in [5.74, 6) is -0.627. The van der Waals surface area contributed by atoms with Gasteiger partial charge in [-0.1, -0.05) is 35.9 Å². The second kappa shape index (κ2) is 10.2. The molecular weight excluding hydrogens is 489 g/mol. The van der Waals surface area contributed by atoms with Crippen LogP contribution in [0.5, 0.6) is 0 Å². The van der Waals surface area contributed by atoms with Crippen molar-refractivity contribution in [1.29, 1.82) is 0 Å². The molecule has 0 radical (unpaired) electrons. The lowest BCUT2D eigenvalue weighted by Crippen LogP contribution is -2.40. The molecule has 0 spiro atoms. The molecule has 1 saturated heterocycles. The van der Waals surface area contributed by atoms with E-state index in [1.807, 2.05) is 0 Å². The van der Waals surface area contributed by atoms with Crippen LogP contribution in [0.1, 0.15) is 49.7 Å². The molecule has 1 N–H and O–H groups in total. The molecule has 1 heterocycles. The summed E-state index contributed by atoms with van der Waals surface area (Å²) >= 11 is 5.99. The molecule has 2 aromatic rings. The summed E-state index contributed by atoms with van der Waals surface area (Å²) in [4.78, 5) is 14.6. The maximum Gasteiger partial charge on any atom is 0.246 e. The lowest BCUT2D eigenvalue weighted by Gasteiger charge is -2.39. The quantitative estimate of drug-likeness (QED) is 0.548. The molecule has 0 bridgehead atoms. The molecule has 0 atom stereocenters. The lowest BCUT2D eigenvalue weighted by atomic mass is 9.78. The minimum Gasteiger partial charge on any atom is -0.393 e. The largest absolute Gasteiger partial charge is 0.393 e. The maximum atomic E-state index is 14.4. The summed E-state index contributed by atoms with van der Waals surface area (Å²) in [6.45, 7) is 4.82. The maximum absolute atomic E-state index is 14.4. The number of sulfone groups is 1. The Labute approximate surface area is 210 Å². The van der Waals surface area contributed by atoms with E-state index >= 15 is 0 Å². The number of likely N-dealkylation sites (tertiary alicyclic amines) is 1. The molecule has 4 rings (SSSR count). The Balaban J connectivity index is 1.70. The monoisotopic (exact) mass is 517 g/mol. The predicted octanol–water partition coefficient (Wildman–Crippen LogP) is 5.28. The number of benzene rings is 2. The summed E-state index contributed by atoms with van der Waals surface area (Å²) < 4.78 is 41.2. The van der Waals surface area contributed by atoms with E-state index in [0.717, 1.165) is 5.57 Å². The van der Waals surface area contributed by atoms with Crippen molar-refractivity contribution in [2.24, 2.45) is 0 Å². The van der Waals surface area contributed by atoms with Crippen LogP contribution in [-0.4, -0.2) is 43.5 Å². The van der Waals surface area contributed by atoms with E-state index < -0.39 is 20.4 Å². The first kappa shape index (κ1) is 25.6. The summed E-state index contributed by atoms with van der Waals surface area (Å²) in [7, 11) is -3.94. The van der Waals surface area contributed by atoms with Crippen LogP contribution >= 0.6 is 11.6 Å². The second-order valence-electron chi connectivity index (χ2n) is 9.25. The number of carbonyl (C=O) groups is 1. The standard InChI is InChI=1S/C27H29ClFNO4S/c1-2-20-3-6-22(29)18-25(20)27(35(33,34)24-7-4-21(28)5-8-24)13-9-19(10-14-27)17-26(32)30-15-11-23(31)12-16-30/h2-8,17-18,23,31H,1,9-16H2. The van der Waals surface area contributed by atoms with Gasteiger partial charge in [0, 0.05) is 24.2 Å². The van der Waals surface area contributed by atoms with Crippen molar-refractivity contribution in [3.8, 4) is 0 Å². The predicted molar refractivity (Wildman–Crippen MR) is 135 cm³/mol. The number of nitrogens with zero attached hydrogens (tertiary/aromatic N) is 1. The zero-order valence-electron chi connectivity index (χ0n) is 19.4. The van der Waals surface area contributed by atoms with Crippen LogP contribution in [0.3, 0.4) is 0 Å². The van der Waals surface area contributed by atoms with E-state index in [2.05, 4.69) is 6.58 Å². The third-order valence-corrected chi connectivity index (χ3v) is 9.97. The normalized spacial score (nSPS) is 21.6. The fourth-order valence-electron chi connectivity index (χ4n) is 5.09. The van der Waals surface area contributed by atoms with Gasteiger partial charge >= 0.3 is 0 Å². The highest BCUT2D eigenvalue weighted by Crippen LogP contribution is 2.49. The van der Waals surface area contributed by atoms with Gasteiger partial charge in [-0.3, -0.25) is 4.79 Å². The van der Waals surface area contributed by atoms with Gasteiger partial charge in [0.15, 0.2) is 9.84 Å². The van der Waals surface area contributed by atoms with E-state index in [-0.39, 0.29) is 29.7 Å². The highest BCUT2D eigenvalue weighted by atomic mass is 35.5. The number of aliphatic hydroxyl groups is 1. The van der Waals surface area contributed by atoms with Gasteiger partial charge in [-0.2, -0.15) is 0 Å². The van der Waals surface area contributed by atoms with Gasteiger partial charge in [0.2, 0.25) is 5.91 Å². The van der Waals surface area contributed by atoms with E-state index in [1.54, 1.807) is 23.1 Å². The molecule has 1 aliphatic carbocycles. The number of halogens is 2. The number of rotatable bonds is 5. The summed E-state index contributed by atoms with van der Waals surface area (Å²) in [6.07, 6.45) is 5.10. The number of amides is 1. The van der Waals surface area contributed by atoms with Gasteiger partial charge in [-0.15, -0.1) is 0 Å². The molecule has 8 heteroatoms.